The molecule has 2 aliphatic heterocycles. The fourth-order valence-corrected chi connectivity index (χ4v) is 4.38. The van der Waals surface area contributed by atoms with E-state index in [0.717, 1.165) is 30.8 Å². The molecule has 3 rings (SSSR count). The normalized spacial score (nSPS) is 31.0. The number of halogens is 1. The summed E-state index contributed by atoms with van der Waals surface area (Å²) in [7, 11) is 1.49. The zero-order chi connectivity index (χ0) is 15.7. The second-order valence-electron chi connectivity index (χ2n) is 6.23. The predicted molar refractivity (Wildman–Crippen MR) is 88.0 cm³/mol. The molecule has 0 aliphatic carbocycles. The Bertz CT molecular complexity index is 557. The Labute approximate surface area is 136 Å². The highest BCUT2D eigenvalue weighted by Crippen LogP contribution is 2.47. The van der Waals surface area contributed by atoms with Gasteiger partial charge in [0.05, 0.1) is 13.0 Å². The molecule has 2 heterocycles. The smallest absolute Gasteiger partial charge is 0.310 e. The van der Waals surface area contributed by atoms with Crippen LogP contribution in [0.1, 0.15) is 30.7 Å². The van der Waals surface area contributed by atoms with Crippen LogP contribution in [0.2, 0.25) is 5.02 Å². The first-order valence-corrected chi connectivity index (χ1v) is 8.23. The van der Waals surface area contributed by atoms with E-state index < -0.39 is 0 Å². The molecule has 1 aromatic rings. The summed E-state index contributed by atoms with van der Waals surface area (Å²) in [6, 6.07) is 8.69. The van der Waals surface area contributed by atoms with Gasteiger partial charge < -0.3 is 4.74 Å². The maximum Gasteiger partial charge on any atom is 0.310 e. The molecule has 4 heteroatoms. The first-order chi connectivity index (χ1) is 10.7. The van der Waals surface area contributed by atoms with Crippen LogP contribution in [-0.2, 0) is 9.53 Å². The number of esters is 1. The van der Waals surface area contributed by atoms with Gasteiger partial charge in [0.25, 0.3) is 0 Å². The molecule has 2 aliphatic rings. The fourth-order valence-electron chi connectivity index (χ4n) is 4.26. The number of carbonyl (C=O) groups is 1. The average Bonchev–Trinajstić information content (AvgIpc) is 2.80. The average molecular weight is 320 g/mol. The fraction of sp³-hybridized carbons (Fsp3) is 0.500. The monoisotopic (exact) mass is 319 g/mol. The van der Waals surface area contributed by atoms with E-state index in [4.69, 9.17) is 16.3 Å². The van der Waals surface area contributed by atoms with Gasteiger partial charge in [-0.05, 0) is 37.0 Å². The number of fused-ring (bicyclic) bond motifs is 2. The number of rotatable bonds is 4. The molecule has 0 aromatic heterocycles. The van der Waals surface area contributed by atoms with Crippen molar-refractivity contribution >= 4 is 17.6 Å². The first kappa shape index (κ1) is 15.6. The highest BCUT2D eigenvalue weighted by atomic mass is 35.5. The molecular weight excluding hydrogens is 298 g/mol. The minimum absolute atomic E-state index is 0.0978. The standard InChI is InChI=1S/C18H22ClNO2/c1-3-10-20-14-8-9-16(20)17(18(21)22-2)15(11-14)12-4-6-13(19)7-5-12/h3-7,14-17H,1,8-11H2,2H3/t14-,15+,16+,17-/m0/s1. The van der Waals surface area contributed by atoms with E-state index in [2.05, 4.69) is 11.5 Å². The summed E-state index contributed by atoms with van der Waals surface area (Å²) in [5.41, 5.74) is 1.19. The van der Waals surface area contributed by atoms with Crippen molar-refractivity contribution < 1.29 is 9.53 Å². The van der Waals surface area contributed by atoms with Crippen molar-refractivity contribution in [3.63, 3.8) is 0 Å². The maximum atomic E-state index is 12.5. The molecule has 0 amide bonds. The van der Waals surface area contributed by atoms with Gasteiger partial charge in [-0.2, -0.15) is 0 Å². The van der Waals surface area contributed by atoms with Gasteiger partial charge in [0, 0.05) is 29.6 Å². The highest BCUT2D eigenvalue weighted by molar-refractivity contribution is 6.30. The minimum atomic E-state index is -0.107. The van der Waals surface area contributed by atoms with E-state index in [1.165, 1.54) is 12.7 Å². The Kier molecular flexibility index (Phi) is 4.55. The summed E-state index contributed by atoms with van der Waals surface area (Å²) < 4.78 is 5.12. The van der Waals surface area contributed by atoms with Gasteiger partial charge in [-0.15, -0.1) is 6.58 Å². The molecule has 0 saturated carbocycles. The Balaban J connectivity index is 1.94. The zero-order valence-electron chi connectivity index (χ0n) is 12.9. The van der Waals surface area contributed by atoms with Gasteiger partial charge in [-0.3, -0.25) is 9.69 Å². The topological polar surface area (TPSA) is 29.5 Å². The molecule has 3 nitrogen and oxygen atoms in total. The number of nitrogens with zero attached hydrogens (tertiary/aromatic N) is 1. The Morgan fingerprint density at radius 1 is 1.41 bits per heavy atom. The molecule has 118 valence electrons. The number of benzene rings is 1. The molecule has 1 aromatic carbocycles. The van der Waals surface area contributed by atoms with Gasteiger partial charge in [-0.1, -0.05) is 29.8 Å². The van der Waals surface area contributed by atoms with E-state index >= 15 is 0 Å². The third-order valence-electron chi connectivity index (χ3n) is 5.18. The highest BCUT2D eigenvalue weighted by Gasteiger charge is 2.50. The van der Waals surface area contributed by atoms with Gasteiger partial charge in [0.15, 0.2) is 0 Å². The molecule has 0 N–H and O–H groups in total. The van der Waals surface area contributed by atoms with Crippen LogP contribution in [0.4, 0.5) is 0 Å². The van der Waals surface area contributed by atoms with Crippen molar-refractivity contribution in [3.05, 3.63) is 47.5 Å². The molecule has 22 heavy (non-hydrogen) atoms. The van der Waals surface area contributed by atoms with E-state index in [-0.39, 0.29) is 23.8 Å². The lowest BCUT2D eigenvalue weighted by atomic mass is 9.76. The Morgan fingerprint density at radius 2 is 2.14 bits per heavy atom. The molecule has 0 radical (unpaired) electrons. The second kappa shape index (κ2) is 6.43. The lowest BCUT2D eigenvalue weighted by Gasteiger charge is -2.43. The molecule has 4 atom stereocenters. The van der Waals surface area contributed by atoms with Crippen LogP contribution >= 0.6 is 11.6 Å². The third kappa shape index (κ3) is 2.68. The maximum absolute atomic E-state index is 12.5. The second-order valence-corrected chi connectivity index (χ2v) is 6.66. The van der Waals surface area contributed by atoms with Crippen molar-refractivity contribution in [1.29, 1.82) is 0 Å². The quantitative estimate of drug-likeness (QED) is 0.627. The minimum Gasteiger partial charge on any atom is -0.469 e. The van der Waals surface area contributed by atoms with E-state index in [1.54, 1.807) is 0 Å². The van der Waals surface area contributed by atoms with Crippen molar-refractivity contribution in [3.8, 4) is 0 Å². The molecule has 0 unspecified atom stereocenters. The van der Waals surface area contributed by atoms with Gasteiger partial charge >= 0.3 is 5.97 Å². The predicted octanol–water partition coefficient (Wildman–Crippen LogP) is 3.64. The molecular formula is C18H22ClNO2. The van der Waals surface area contributed by atoms with Gasteiger partial charge in [0.1, 0.15) is 0 Å². The van der Waals surface area contributed by atoms with Crippen LogP contribution in [0, 0.1) is 5.92 Å². The summed E-state index contributed by atoms with van der Waals surface area (Å²) in [5, 5.41) is 0.727. The zero-order valence-corrected chi connectivity index (χ0v) is 13.6. The van der Waals surface area contributed by atoms with Crippen LogP contribution < -0.4 is 0 Å². The van der Waals surface area contributed by atoms with E-state index in [9.17, 15) is 4.79 Å². The van der Waals surface area contributed by atoms with Crippen LogP contribution in [0.5, 0.6) is 0 Å². The lowest BCUT2D eigenvalue weighted by Crippen LogP contribution is -2.50. The number of hydrogen-bond acceptors (Lipinski definition) is 3. The first-order valence-electron chi connectivity index (χ1n) is 7.85. The van der Waals surface area contributed by atoms with Crippen LogP contribution in [0.15, 0.2) is 36.9 Å². The lowest BCUT2D eigenvalue weighted by molar-refractivity contribution is -0.150. The van der Waals surface area contributed by atoms with Crippen molar-refractivity contribution in [2.45, 2.75) is 37.3 Å². The van der Waals surface area contributed by atoms with E-state index in [0.29, 0.717) is 6.04 Å². The van der Waals surface area contributed by atoms with Crippen LogP contribution in [0.3, 0.4) is 0 Å². The third-order valence-corrected chi connectivity index (χ3v) is 5.43. The summed E-state index contributed by atoms with van der Waals surface area (Å²) in [6.45, 7) is 4.70. The summed E-state index contributed by atoms with van der Waals surface area (Å²) in [5.74, 6) is 0.00696. The summed E-state index contributed by atoms with van der Waals surface area (Å²) >= 11 is 6.00. The number of ether oxygens (including phenoxy) is 1. The van der Waals surface area contributed by atoms with Crippen molar-refractivity contribution in [2.75, 3.05) is 13.7 Å². The number of piperidine rings is 1. The van der Waals surface area contributed by atoms with Crippen LogP contribution in [0.25, 0.3) is 0 Å². The Morgan fingerprint density at radius 3 is 2.77 bits per heavy atom. The SMILES string of the molecule is C=CCN1[C@H]2CC[C@@H]1[C@@H](C(=O)OC)[C@@H](c1ccc(Cl)cc1)C2. The van der Waals surface area contributed by atoms with Crippen molar-refractivity contribution in [1.82, 2.24) is 4.90 Å². The van der Waals surface area contributed by atoms with Crippen molar-refractivity contribution in [2.24, 2.45) is 5.92 Å². The summed E-state index contributed by atoms with van der Waals surface area (Å²) in [6.07, 6.45) is 5.13. The molecule has 2 fully saturated rings. The number of carbonyl (C=O) groups excluding carboxylic acids is 1. The number of hydrogen-bond donors (Lipinski definition) is 0. The molecule has 2 saturated heterocycles. The van der Waals surface area contributed by atoms with Crippen LogP contribution in [-0.4, -0.2) is 36.6 Å². The summed E-state index contributed by atoms with van der Waals surface area (Å²) in [4.78, 5) is 14.9. The van der Waals surface area contributed by atoms with Gasteiger partial charge in [-0.25, -0.2) is 0 Å². The Hall–Kier alpha value is -1.32. The largest absolute Gasteiger partial charge is 0.469 e. The molecule has 0 spiro atoms. The molecule has 2 bridgehead atoms. The van der Waals surface area contributed by atoms with E-state index in [1.807, 2.05) is 30.3 Å². The number of methoxy groups -OCH3 is 1. The van der Waals surface area contributed by atoms with Gasteiger partial charge in [0.2, 0.25) is 0 Å².